The van der Waals surface area contributed by atoms with Crippen molar-refractivity contribution in [3.05, 3.63) is 72.2 Å². The van der Waals surface area contributed by atoms with E-state index in [9.17, 15) is 9.90 Å². The molecule has 6 rings (SSSR count). The molecule has 138 valence electrons. The Bertz CT molecular complexity index is 1260. The van der Waals surface area contributed by atoms with E-state index in [1.54, 1.807) is 4.90 Å². The standard InChI is InChI=1S/C23H19N3O2/c27-23(28)26-17-7-8-20(26)22-18-3-1-2-4-19(18)25(21(22)12-17)16-6-5-14-9-10-24-13-15(14)11-16/h1-6,9-11,13,17,20H,7-8,12H2,(H,27,28). The number of rotatable bonds is 1. The molecule has 0 radical (unpaired) electrons. The van der Waals surface area contributed by atoms with E-state index in [1.165, 1.54) is 22.0 Å². The second kappa shape index (κ2) is 5.58. The maximum Gasteiger partial charge on any atom is 0.408 e. The van der Waals surface area contributed by atoms with Crippen molar-refractivity contribution in [1.82, 2.24) is 14.5 Å². The summed E-state index contributed by atoms with van der Waals surface area (Å²) in [5.41, 5.74) is 4.71. The molecule has 5 nitrogen and oxygen atoms in total. The number of para-hydroxylation sites is 1. The van der Waals surface area contributed by atoms with Gasteiger partial charge < -0.3 is 9.67 Å². The van der Waals surface area contributed by atoms with Gasteiger partial charge in [0.05, 0.1) is 11.6 Å². The molecule has 0 spiro atoms. The highest BCUT2D eigenvalue weighted by Gasteiger charge is 2.45. The molecule has 5 heteroatoms. The minimum Gasteiger partial charge on any atom is -0.465 e. The van der Waals surface area contributed by atoms with Crippen molar-refractivity contribution in [3.63, 3.8) is 0 Å². The summed E-state index contributed by atoms with van der Waals surface area (Å²) in [6, 6.07) is 16.9. The number of hydrogen-bond acceptors (Lipinski definition) is 2. The first kappa shape index (κ1) is 15.7. The Labute approximate surface area is 161 Å². The molecular formula is C23H19N3O2. The van der Waals surface area contributed by atoms with Gasteiger partial charge in [-0.3, -0.25) is 9.88 Å². The van der Waals surface area contributed by atoms with Crippen LogP contribution >= 0.6 is 0 Å². The van der Waals surface area contributed by atoms with Crippen LogP contribution in [0.1, 0.15) is 30.1 Å². The Morgan fingerprint density at radius 2 is 1.96 bits per heavy atom. The number of pyridine rings is 1. The number of amides is 1. The third-order valence-corrected chi connectivity index (χ3v) is 6.38. The van der Waals surface area contributed by atoms with E-state index >= 15 is 0 Å². The molecule has 1 N–H and O–H groups in total. The Morgan fingerprint density at radius 1 is 1.07 bits per heavy atom. The summed E-state index contributed by atoms with van der Waals surface area (Å²) in [6.45, 7) is 0. The van der Waals surface area contributed by atoms with Crippen molar-refractivity contribution in [1.29, 1.82) is 0 Å². The summed E-state index contributed by atoms with van der Waals surface area (Å²) in [5.74, 6) is 0. The van der Waals surface area contributed by atoms with Gasteiger partial charge in [-0.05, 0) is 42.5 Å². The van der Waals surface area contributed by atoms with Crippen LogP contribution in [0, 0.1) is 0 Å². The Hall–Kier alpha value is -3.34. The topological polar surface area (TPSA) is 58.4 Å². The zero-order valence-electron chi connectivity index (χ0n) is 15.2. The molecule has 2 aromatic heterocycles. The second-order valence-electron chi connectivity index (χ2n) is 7.76. The minimum atomic E-state index is -0.799. The maximum absolute atomic E-state index is 11.9. The summed E-state index contributed by atoms with van der Waals surface area (Å²) in [6.07, 6.45) is 5.51. The summed E-state index contributed by atoms with van der Waals surface area (Å²) in [4.78, 5) is 17.8. The number of nitrogens with zero attached hydrogens (tertiary/aromatic N) is 3. The lowest BCUT2D eigenvalue weighted by Gasteiger charge is -2.33. The van der Waals surface area contributed by atoms with Gasteiger partial charge in [0.2, 0.25) is 0 Å². The number of carboxylic acid groups (broad SMARTS) is 1. The van der Waals surface area contributed by atoms with E-state index in [0.717, 1.165) is 35.9 Å². The molecule has 0 aliphatic carbocycles. The predicted octanol–water partition coefficient (Wildman–Crippen LogP) is 4.92. The molecule has 2 atom stereocenters. The van der Waals surface area contributed by atoms with Gasteiger partial charge in [0.25, 0.3) is 0 Å². The third kappa shape index (κ3) is 2.01. The third-order valence-electron chi connectivity index (χ3n) is 6.38. The van der Waals surface area contributed by atoms with Gasteiger partial charge in [0.1, 0.15) is 0 Å². The summed E-state index contributed by atoms with van der Waals surface area (Å²) in [7, 11) is 0. The summed E-state index contributed by atoms with van der Waals surface area (Å²) in [5, 5.41) is 13.2. The van der Waals surface area contributed by atoms with E-state index in [1.807, 2.05) is 24.5 Å². The average Bonchev–Trinajstić information content (AvgIpc) is 3.22. The van der Waals surface area contributed by atoms with Crippen LogP contribution in [-0.4, -0.2) is 31.7 Å². The van der Waals surface area contributed by atoms with E-state index in [-0.39, 0.29) is 12.1 Å². The van der Waals surface area contributed by atoms with Gasteiger partial charge in [-0.25, -0.2) is 4.79 Å². The van der Waals surface area contributed by atoms with Crippen LogP contribution in [0.5, 0.6) is 0 Å². The van der Waals surface area contributed by atoms with Crippen LogP contribution in [-0.2, 0) is 6.42 Å². The monoisotopic (exact) mass is 369 g/mol. The maximum atomic E-state index is 11.9. The predicted molar refractivity (Wildman–Crippen MR) is 108 cm³/mol. The molecule has 2 aromatic carbocycles. The zero-order valence-corrected chi connectivity index (χ0v) is 15.2. The smallest absolute Gasteiger partial charge is 0.408 e. The zero-order chi connectivity index (χ0) is 18.8. The Morgan fingerprint density at radius 3 is 2.86 bits per heavy atom. The van der Waals surface area contributed by atoms with Crippen molar-refractivity contribution in [2.75, 3.05) is 0 Å². The van der Waals surface area contributed by atoms with Crippen LogP contribution in [0.25, 0.3) is 27.4 Å². The fourth-order valence-electron chi connectivity index (χ4n) is 5.28. The molecule has 1 fully saturated rings. The molecule has 4 aromatic rings. The molecule has 2 bridgehead atoms. The van der Waals surface area contributed by atoms with E-state index in [0.29, 0.717) is 0 Å². The molecule has 2 aliphatic rings. The van der Waals surface area contributed by atoms with Crippen molar-refractivity contribution in [3.8, 4) is 5.69 Å². The normalized spacial score (nSPS) is 20.6. The lowest BCUT2D eigenvalue weighted by atomic mass is 9.97. The number of fused-ring (bicyclic) bond motifs is 7. The van der Waals surface area contributed by atoms with Gasteiger partial charge in [0, 0.05) is 52.6 Å². The molecule has 28 heavy (non-hydrogen) atoms. The van der Waals surface area contributed by atoms with Gasteiger partial charge in [0.15, 0.2) is 0 Å². The number of benzene rings is 2. The Balaban J connectivity index is 1.65. The molecular weight excluding hydrogens is 350 g/mol. The minimum absolute atomic E-state index is 0.0421. The van der Waals surface area contributed by atoms with Crippen LogP contribution in [0.2, 0.25) is 0 Å². The quantitative estimate of drug-likeness (QED) is 0.518. The largest absolute Gasteiger partial charge is 0.465 e. The first-order valence-electron chi connectivity index (χ1n) is 9.70. The first-order chi connectivity index (χ1) is 13.7. The van der Waals surface area contributed by atoms with Crippen molar-refractivity contribution >= 4 is 27.8 Å². The highest BCUT2D eigenvalue weighted by atomic mass is 16.4. The lowest BCUT2D eigenvalue weighted by Crippen LogP contribution is -2.41. The molecule has 4 heterocycles. The number of hydrogen-bond donors (Lipinski definition) is 1. The fraction of sp³-hybridized carbons (Fsp3) is 0.217. The van der Waals surface area contributed by atoms with E-state index in [2.05, 4.69) is 45.9 Å². The fourth-order valence-corrected chi connectivity index (χ4v) is 5.28. The molecule has 2 unspecified atom stereocenters. The van der Waals surface area contributed by atoms with Crippen molar-refractivity contribution in [2.24, 2.45) is 0 Å². The summed E-state index contributed by atoms with van der Waals surface area (Å²) < 4.78 is 2.33. The molecule has 1 saturated heterocycles. The van der Waals surface area contributed by atoms with Crippen LogP contribution < -0.4 is 0 Å². The molecule has 1 amide bonds. The van der Waals surface area contributed by atoms with Crippen molar-refractivity contribution in [2.45, 2.75) is 31.3 Å². The lowest BCUT2D eigenvalue weighted by molar-refractivity contribution is 0.116. The van der Waals surface area contributed by atoms with Gasteiger partial charge in [-0.15, -0.1) is 0 Å². The number of aromatic nitrogens is 2. The van der Waals surface area contributed by atoms with Gasteiger partial charge in [-0.2, -0.15) is 0 Å². The van der Waals surface area contributed by atoms with E-state index in [4.69, 9.17) is 0 Å². The summed E-state index contributed by atoms with van der Waals surface area (Å²) >= 11 is 0. The molecule has 2 aliphatic heterocycles. The van der Waals surface area contributed by atoms with Gasteiger partial charge >= 0.3 is 6.09 Å². The van der Waals surface area contributed by atoms with Crippen LogP contribution in [0.15, 0.2) is 60.9 Å². The number of carbonyl (C=O) groups is 1. The van der Waals surface area contributed by atoms with Gasteiger partial charge in [-0.1, -0.05) is 24.3 Å². The highest BCUT2D eigenvalue weighted by molar-refractivity contribution is 5.90. The van der Waals surface area contributed by atoms with Crippen LogP contribution in [0.4, 0.5) is 4.79 Å². The second-order valence-corrected chi connectivity index (χ2v) is 7.76. The highest BCUT2D eigenvalue weighted by Crippen LogP contribution is 2.48. The molecule has 0 saturated carbocycles. The van der Waals surface area contributed by atoms with Crippen molar-refractivity contribution < 1.29 is 9.90 Å². The Kier molecular flexibility index (Phi) is 3.13. The van der Waals surface area contributed by atoms with Crippen LogP contribution in [0.3, 0.4) is 0 Å². The first-order valence-corrected chi connectivity index (χ1v) is 9.70. The van der Waals surface area contributed by atoms with E-state index < -0.39 is 6.09 Å². The SMILES string of the molecule is O=C(O)N1C2CCC1c1c(n(-c3ccc4ccncc4c3)c3ccccc13)C2. The average molecular weight is 369 g/mol.